The molecule has 0 aliphatic rings. The van der Waals surface area contributed by atoms with E-state index in [-0.39, 0.29) is 5.91 Å². The van der Waals surface area contributed by atoms with Crippen molar-refractivity contribution < 1.29 is 9.53 Å². The van der Waals surface area contributed by atoms with Gasteiger partial charge in [-0.2, -0.15) is 5.26 Å². The number of amides is 1. The summed E-state index contributed by atoms with van der Waals surface area (Å²) in [5.41, 5.74) is 1.96. The molecule has 0 radical (unpaired) electrons. The third-order valence-electron chi connectivity index (χ3n) is 4.29. The molecule has 0 spiro atoms. The first-order valence-electron chi connectivity index (χ1n) is 9.22. The predicted molar refractivity (Wildman–Crippen MR) is 117 cm³/mol. The fourth-order valence-corrected chi connectivity index (χ4v) is 3.60. The molecule has 0 fully saturated rings. The van der Waals surface area contributed by atoms with Gasteiger partial charge in [-0.3, -0.25) is 9.36 Å². The number of benzene rings is 2. The van der Waals surface area contributed by atoms with E-state index in [1.165, 1.54) is 11.8 Å². The van der Waals surface area contributed by atoms with Gasteiger partial charge in [-0.15, -0.1) is 16.8 Å². The Kier molecular flexibility index (Phi) is 6.88. The van der Waals surface area contributed by atoms with Crippen LogP contribution in [0.5, 0.6) is 5.75 Å². The lowest BCUT2D eigenvalue weighted by molar-refractivity contribution is -0.115. The van der Waals surface area contributed by atoms with Gasteiger partial charge in [0.05, 0.1) is 24.0 Å². The largest absolute Gasteiger partial charge is 0.497 e. The van der Waals surface area contributed by atoms with Crippen molar-refractivity contribution in [2.24, 2.45) is 0 Å². The molecule has 0 aliphatic heterocycles. The highest BCUT2D eigenvalue weighted by atomic mass is 32.2. The van der Waals surface area contributed by atoms with Gasteiger partial charge in [-0.25, -0.2) is 0 Å². The number of nitrogens with one attached hydrogen (secondary N) is 1. The van der Waals surface area contributed by atoms with Crippen LogP contribution >= 0.6 is 11.8 Å². The highest BCUT2D eigenvalue weighted by Gasteiger charge is 2.20. The molecule has 0 bridgehead atoms. The number of allylic oxidation sites excluding steroid dienone is 1. The molecule has 1 aromatic heterocycles. The predicted octanol–water partition coefficient (Wildman–Crippen LogP) is 4.13. The normalized spacial score (nSPS) is 11.4. The van der Waals surface area contributed by atoms with Gasteiger partial charge in [0, 0.05) is 17.8 Å². The second-order valence-corrected chi connectivity index (χ2v) is 7.68. The van der Waals surface area contributed by atoms with Crippen molar-refractivity contribution in [3.63, 3.8) is 0 Å². The van der Waals surface area contributed by atoms with Crippen LogP contribution in [0.3, 0.4) is 0 Å². The van der Waals surface area contributed by atoms with Crippen LogP contribution in [0.4, 0.5) is 5.69 Å². The molecule has 0 saturated carbocycles. The first kappa shape index (κ1) is 21.1. The van der Waals surface area contributed by atoms with E-state index < -0.39 is 5.25 Å². The number of anilines is 1. The van der Waals surface area contributed by atoms with Crippen molar-refractivity contribution in [1.82, 2.24) is 14.8 Å². The molecule has 2 aromatic carbocycles. The monoisotopic (exact) mass is 419 g/mol. The smallest absolute Gasteiger partial charge is 0.237 e. The molecule has 0 aliphatic carbocycles. The van der Waals surface area contributed by atoms with Crippen LogP contribution in [0, 0.1) is 11.3 Å². The second kappa shape index (κ2) is 9.76. The van der Waals surface area contributed by atoms with Gasteiger partial charge in [0.25, 0.3) is 0 Å². The number of carbonyl (C=O) groups excluding carboxylic acids is 1. The number of ether oxygens (including phenoxy) is 1. The molecule has 7 nitrogen and oxygen atoms in total. The number of carbonyl (C=O) groups is 1. The Morgan fingerprint density at radius 3 is 2.77 bits per heavy atom. The molecular weight excluding hydrogens is 398 g/mol. The maximum absolute atomic E-state index is 12.6. The van der Waals surface area contributed by atoms with Gasteiger partial charge in [-0.1, -0.05) is 23.9 Å². The Labute approximate surface area is 179 Å². The highest BCUT2D eigenvalue weighted by Crippen LogP contribution is 2.28. The summed E-state index contributed by atoms with van der Waals surface area (Å²) in [4.78, 5) is 12.6. The lowest BCUT2D eigenvalue weighted by Crippen LogP contribution is -2.23. The van der Waals surface area contributed by atoms with E-state index in [1.807, 2.05) is 28.8 Å². The van der Waals surface area contributed by atoms with Crippen molar-refractivity contribution in [3.8, 4) is 23.2 Å². The zero-order valence-electron chi connectivity index (χ0n) is 16.7. The number of nitriles is 1. The van der Waals surface area contributed by atoms with Crippen LogP contribution in [0.25, 0.3) is 11.4 Å². The standard InChI is InChI=1S/C22H21N5O2S/c1-4-12-27-20(17-8-10-19(29-3)11-9-17)25-26-22(27)30-15(2)21(28)24-18-7-5-6-16(13-18)14-23/h4-11,13,15H,1,12H2,2-3H3,(H,24,28)/t15-/m0/s1. The highest BCUT2D eigenvalue weighted by molar-refractivity contribution is 8.00. The molecule has 0 unspecified atom stereocenters. The van der Waals surface area contributed by atoms with Crippen molar-refractivity contribution in [1.29, 1.82) is 5.26 Å². The van der Waals surface area contributed by atoms with Crippen molar-refractivity contribution in [3.05, 3.63) is 66.7 Å². The SMILES string of the molecule is C=CCn1c(S[C@@H](C)C(=O)Nc2cccc(C#N)c2)nnc1-c1ccc(OC)cc1. The van der Waals surface area contributed by atoms with Crippen LogP contribution in [-0.4, -0.2) is 33.0 Å². The molecule has 1 atom stereocenters. The number of rotatable bonds is 8. The molecule has 1 heterocycles. The maximum Gasteiger partial charge on any atom is 0.237 e. The summed E-state index contributed by atoms with van der Waals surface area (Å²) in [5, 5.41) is 20.6. The maximum atomic E-state index is 12.6. The number of aromatic nitrogens is 3. The van der Waals surface area contributed by atoms with Gasteiger partial charge in [0.1, 0.15) is 5.75 Å². The van der Waals surface area contributed by atoms with E-state index in [0.717, 1.165) is 11.3 Å². The third kappa shape index (κ3) is 4.88. The summed E-state index contributed by atoms with van der Waals surface area (Å²) < 4.78 is 7.12. The van der Waals surface area contributed by atoms with Gasteiger partial charge in [0.15, 0.2) is 11.0 Å². The molecule has 1 amide bonds. The minimum absolute atomic E-state index is 0.186. The van der Waals surface area contributed by atoms with Crippen LogP contribution in [0.2, 0.25) is 0 Å². The fourth-order valence-electron chi connectivity index (χ4n) is 2.75. The van der Waals surface area contributed by atoms with E-state index in [2.05, 4.69) is 28.2 Å². The summed E-state index contributed by atoms with van der Waals surface area (Å²) in [6, 6.07) is 16.4. The first-order valence-corrected chi connectivity index (χ1v) is 10.1. The first-order chi connectivity index (χ1) is 14.5. The Balaban J connectivity index is 1.77. The van der Waals surface area contributed by atoms with E-state index in [4.69, 9.17) is 10.00 Å². The van der Waals surface area contributed by atoms with E-state index >= 15 is 0 Å². The minimum Gasteiger partial charge on any atom is -0.497 e. The summed E-state index contributed by atoms with van der Waals surface area (Å²) >= 11 is 1.31. The summed E-state index contributed by atoms with van der Waals surface area (Å²) in [7, 11) is 1.62. The summed E-state index contributed by atoms with van der Waals surface area (Å²) in [6.07, 6.45) is 1.76. The summed E-state index contributed by atoms with van der Waals surface area (Å²) in [5.74, 6) is 1.26. The van der Waals surface area contributed by atoms with Gasteiger partial charge in [-0.05, 0) is 49.4 Å². The van der Waals surface area contributed by atoms with Crippen molar-refractivity contribution in [2.45, 2.75) is 23.9 Å². The van der Waals surface area contributed by atoms with E-state index in [0.29, 0.717) is 28.8 Å². The summed E-state index contributed by atoms with van der Waals surface area (Å²) in [6.45, 7) is 6.12. The molecule has 152 valence electrons. The zero-order chi connectivity index (χ0) is 21.5. The second-order valence-electron chi connectivity index (χ2n) is 6.38. The molecule has 0 saturated heterocycles. The zero-order valence-corrected chi connectivity index (χ0v) is 17.5. The Hall–Kier alpha value is -3.57. The van der Waals surface area contributed by atoms with E-state index in [9.17, 15) is 4.79 Å². The quantitative estimate of drug-likeness (QED) is 0.436. The number of hydrogen-bond donors (Lipinski definition) is 1. The van der Waals surface area contributed by atoms with Crippen LogP contribution in [0.1, 0.15) is 12.5 Å². The van der Waals surface area contributed by atoms with E-state index in [1.54, 1.807) is 44.4 Å². The number of methoxy groups -OCH3 is 1. The average molecular weight is 420 g/mol. The number of thioether (sulfide) groups is 1. The third-order valence-corrected chi connectivity index (χ3v) is 5.37. The van der Waals surface area contributed by atoms with Crippen LogP contribution in [-0.2, 0) is 11.3 Å². The lowest BCUT2D eigenvalue weighted by atomic mass is 10.2. The molecular formula is C22H21N5O2S. The minimum atomic E-state index is -0.424. The molecule has 3 rings (SSSR count). The lowest BCUT2D eigenvalue weighted by Gasteiger charge is -2.13. The molecule has 8 heteroatoms. The fraction of sp³-hybridized carbons (Fsp3) is 0.182. The van der Waals surface area contributed by atoms with Crippen LogP contribution in [0.15, 0.2) is 66.3 Å². The van der Waals surface area contributed by atoms with Gasteiger partial charge >= 0.3 is 0 Å². The van der Waals surface area contributed by atoms with Crippen molar-refractivity contribution in [2.75, 3.05) is 12.4 Å². The Bertz CT molecular complexity index is 1090. The molecule has 3 aromatic rings. The van der Waals surface area contributed by atoms with Crippen molar-refractivity contribution >= 4 is 23.4 Å². The Morgan fingerprint density at radius 1 is 1.33 bits per heavy atom. The average Bonchev–Trinajstić information content (AvgIpc) is 3.16. The number of nitrogens with zero attached hydrogens (tertiary/aromatic N) is 4. The van der Waals surface area contributed by atoms with Gasteiger partial charge in [0.2, 0.25) is 5.91 Å². The van der Waals surface area contributed by atoms with Crippen LogP contribution < -0.4 is 10.1 Å². The molecule has 1 N–H and O–H groups in total. The van der Waals surface area contributed by atoms with Gasteiger partial charge < -0.3 is 10.1 Å². The topological polar surface area (TPSA) is 92.8 Å². The number of hydrogen-bond acceptors (Lipinski definition) is 6. The Morgan fingerprint density at radius 2 is 2.10 bits per heavy atom. The molecule has 30 heavy (non-hydrogen) atoms.